The molecule has 0 aliphatic carbocycles. The Morgan fingerprint density at radius 1 is 1.30 bits per heavy atom. The van der Waals surface area contributed by atoms with Crippen molar-refractivity contribution in [2.45, 2.75) is 52.6 Å². The number of nitrogens with zero attached hydrogens (tertiary/aromatic N) is 2. The van der Waals surface area contributed by atoms with Crippen molar-refractivity contribution in [1.82, 2.24) is 9.47 Å². The summed E-state index contributed by atoms with van der Waals surface area (Å²) in [5.74, 6) is 0. The van der Waals surface area contributed by atoms with Gasteiger partial charge in [0.2, 0.25) is 0 Å². The minimum absolute atomic E-state index is 0.111. The molecule has 0 saturated heterocycles. The Morgan fingerprint density at radius 2 is 2.10 bits per heavy atom. The van der Waals surface area contributed by atoms with Gasteiger partial charge >= 0.3 is 0 Å². The quantitative estimate of drug-likeness (QED) is 0.591. The second-order valence-electron chi connectivity index (χ2n) is 5.47. The zero-order valence-corrected chi connectivity index (χ0v) is 12.5. The lowest BCUT2D eigenvalue weighted by Crippen LogP contribution is -2.37. The Kier molecular flexibility index (Phi) is 5.12. The van der Waals surface area contributed by atoms with E-state index in [0.29, 0.717) is 11.8 Å². The lowest BCUT2D eigenvalue weighted by Gasteiger charge is -2.29. The summed E-state index contributed by atoms with van der Waals surface area (Å²) in [5.41, 5.74) is 2.48. The highest BCUT2D eigenvalue weighted by Gasteiger charge is 2.20. The first-order valence-electron chi connectivity index (χ1n) is 7.64. The van der Waals surface area contributed by atoms with E-state index >= 15 is 0 Å². The Morgan fingerprint density at radius 3 is 2.75 bits per heavy atom. The molecule has 0 N–H and O–H groups in total. The first kappa shape index (κ1) is 15.0. The number of carbonyl (C=O) groups excluding carboxylic acids is 1. The molecule has 0 spiro atoms. The van der Waals surface area contributed by atoms with E-state index in [9.17, 15) is 9.59 Å². The summed E-state index contributed by atoms with van der Waals surface area (Å²) in [6.07, 6.45) is 4.86. The number of aldehydes is 1. The second-order valence-corrected chi connectivity index (χ2v) is 5.47. The SMILES string of the molecule is CCCCCn1c2c(cc(C=O)c1=O)CN(CC)CC2. The van der Waals surface area contributed by atoms with Gasteiger partial charge in [-0.2, -0.15) is 0 Å². The number of likely N-dealkylation sites (N-methyl/N-ethyl adjacent to an activating group) is 1. The molecule has 1 aliphatic rings. The van der Waals surface area contributed by atoms with Crippen molar-refractivity contribution in [1.29, 1.82) is 0 Å². The van der Waals surface area contributed by atoms with Crippen LogP contribution >= 0.6 is 0 Å². The van der Waals surface area contributed by atoms with Crippen LogP contribution in [0.3, 0.4) is 0 Å². The fraction of sp³-hybridized carbons (Fsp3) is 0.625. The van der Waals surface area contributed by atoms with Gasteiger partial charge in [-0.1, -0.05) is 26.7 Å². The van der Waals surface area contributed by atoms with E-state index in [0.717, 1.165) is 63.1 Å². The fourth-order valence-electron chi connectivity index (χ4n) is 2.91. The summed E-state index contributed by atoms with van der Waals surface area (Å²) in [6, 6.07) is 1.79. The third-order valence-corrected chi connectivity index (χ3v) is 4.14. The maximum Gasteiger partial charge on any atom is 0.261 e. The van der Waals surface area contributed by atoms with E-state index in [1.165, 1.54) is 0 Å². The largest absolute Gasteiger partial charge is 0.312 e. The minimum atomic E-state index is -0.111. The molecule has 4 heteroatoms. The molecule has 0 atom stereocenters. The van der Waals surface area contributed by atoms with Gasteiger partial charge in [0.05, 0.1) is 5.56 Å². The van der Waals surface area contributed by atoms with E-state index in [1.54, 1.807) is 6.07 Å². The third-order valence-electron chi connectivity index (χ3n) is 4.14. The summed E-state index contributed by atoms with van der Waals surface area (Å²) >= 11 is 0. The van der Waals surface area contributed by atoms with Crippen molar-refractivity contribution < 1.29 is 4.79 Å². The number of carbonyl (C=O) groups is 1. The number of fused-ring (bicyclic) bond motifs is 1. The van der Waals surface area contributed by atoms with Gasteiger partial charge in [-0.05, 0) is 24.6 Å². The molecule has 0 aromatic carbocycles. The molecule has 0 amide bonds. The van der Waals surface area contributed by atoms with Crippen molar-refractivity contribution in [3.05, 3.63) is 33.2 Å². The minimum Gasteiger partial charge on any atom is -0.312 e. The molecule has 1 aromatic heterocycles. The summed E-state index contributed by atoms with van der Waals surface area (Å²) in [4.78, 5) is 25.8. The smallest absolute Gasteiger partial charge is 0.261 e. The summed E-state index contributed by atoms with van der Waals surface area (Å²) in [5, 5.41) is 0. The standard InChI is InChI=1S/C16H24N2O2/c1-3-5-6-8-18-15-7-9-17(4-2)11-13(15)10-14(12-19)16(18)20/h10,12H,3-9,11H2,1-2H3. The molecule has 0 saturated carbocycles. The molecule has 0 radical (unpaired) electrons. The van der Waals surface area contributed by atoms with Gasteiger partial charge in [-0.3, -0.25) is 14.5 Å². The van der Waals surface area contributed by atoms with Crippen molar-refractivity contribution in [2.75, 3.05) is 13.1 Å². The molecule has 4 nitrogen and oxygen atoms in total. The lowest BCUT2D eigenvalue weighted by atomic mass is 10.0. The summed E-state index contributed by atoms with van der Waals surface area (Å²) in [6.45, 7) is 7.88. The maximum absolute atomic E-state index is 12.3. The average molecular weight is 276 g/mol. The highest BCUT2D eigenvalue weighted by atomic mass is 16.1. The van der Waals surface area contributed by atoms with E-state index in [-0.39, 0.29) is 5.56 Å². The van der Waals surface area contributed by atoms with Crippen molar-refractivity contribution >= 4 is 6.29 Å². The first-order valence-corrected chi connectivity index (χ1v) is 7.64. The van der Waals surface area contributed by atoms with Crippen LogP contribution in [0.15, 0.2) is 10.9 Å². The number of rotatable bonds is 6. The van der Waals surface area contributed by atoms with E-state index < -0.39 is 0 Å². The number of aromatic nitrogens is 1. The normalized spacial score (nSPS) is 15.1. The second kappa shape index (κ2) is 6.84. The Labute approximate surface area is 120 Å². The van der Waals surface area contributed by atoms with Crippen LogP contribution in [0, 0.1) is 0 Å². The molecule has 2 heterocycles. The Bertz CT molecular complexity index is 534. The van der Waals surface area contributed by atoms with Crippen LogP contribution in [0.4, 0.5) is 0 Å². The van der Waals surface area contributed by atoms with Gasteiger partial charge in [-0.25, -0.2) is 0 Å². The molecule has 0 bridgehead atoms. The van der Waals surface area contributed by atoms with Crippen LogP contribution in [0.2, 0.25) is 0 Å². The topological polar surface area (TPSA) is 42.3 Å². The Hall–Kier alpha value is -1.42. The van der Waals surface area contributed by atoms with E-state index in [2.05, 4.69) is 18.7 Å². The van der Waals surface area contributed by atoms with E-state index in [4.69, 9.17) is 0 Å². The predicted octanol–water partition coefficient (Wildman–Crippen LogP) is 2.23. The molecule has 1 aromatic rings. The summed E-state index contributed by atoms with van der Waals surface area (Å²) < 4.78 is 1.85. The average Bonchev–Trinajstić information content (AvgIpc) is 2.48. The van der Waals surface area contributed by atoms with Crippen LogP contribution in [0.1, 0.15) is 54.7 Å². The van der Waals surface area contributed by atoms with Crippen molar-refractivity contribution in [3.8, 4) is 0 Å². The zero-order chi connectivity index (χ0) is 14.5. The van der Waals surface area contributed by atoms with Gasteiger partial charge in [-0.15, -0.1) is 0 Å². The monoisotopic (exact) mass is 276 g/mol. The maximum atomic E-state index is 12.3. The molecule has 2 rings (SSSR count). The van der Waals surface area contributed by atoms with Gasteiger partial charge in [0.25, 0.3) is 5.56 Å². The number of unbranched alkanes of at least 4 members (excludes halogenated alkanes) is 2. The van der Waals surface area contributed by atoms with Gasteiger partial charge < -0.3 is 4.57 Å². The molecule has 110 valence electrons. The Balaban J connectivity index is 2.38. The molecule has 20 heavy (non-hydrogen) atoms. The van der Waals surface area contributed by atoms with Crippen LogP contribution in [0.25, 0.3) is 0 Å². The van der Waals surface area contributed by atoms with Crippen LogP contribution in [-0.4, -0.2) is 28.8 Å². The number of pyridine rings is 1. The molecule has 0 fully saturated rings. The first-order chi connectivity index (χ1) is 9.71. The van der Waals surface area contributed by atoms with Crippen LogP contribution in [-0.2, 0) is 19.5 Å². The van der Waals surface area contributed by atoms with Crippen molar-refractivity contribution in [3.63, 3.8) is 0 Å². The molecular formula is C16H24N2O2. The van der Waals surface area contributed by atoms with Gasteiger partial charge in [0.1, 0.15) is 0 Å². The number of hydrogen-bond acceptors (Lipinski definition) is 3. The van der Waals surface area contributed by atoms with Crippen LogP contribution < -0.4 is 5.56 Å². The van der Waals surface area contributed by atoms with Crippen molar-refractivity contribution in [2.24, 2.45) is 0 Å². The van der Waals surface area contributed by atoms with Gasteiger partial charge in [0, 0.05) is 31.7 Å². The molecule has 1 aliphatic heterocycles. The third kappa shape index (κ3) is 3.01. The fourth-order valence-corrected chi connectivity index (χ4v) is 2.91. The lowest BCUT2D eigenvalue weighted by molar-refractivity contribution is 0.112. The highest BCUT2D eigenvalue weighted by molar-refractivity contribution is 5.74. The molecule has 0 unspecified atom stereocenters. The zero-order valence-electron chi connectivity index (χ0n) is 12.5. The van der Waals surface area contributed by atoms with Gasteiger partial charge in [0.15, 0.2) is 6.29 Å². The van der Waals surface area contributed by atoms with E-state index in [1.807, 2.05) is 4.57 Å². The van der Waals surface area contributed by atoms with Crippen LogP contribution in [0.5, 0.6) is 0 Å². The predicted molar refractivity (Wildman–Crippen MR) is 80.3 cm³/mol. The summed E-state index contributed by atoms with van der Waals surface area (Å²) in [7, 11) is 0. The molecular weight excluding hydrogens is 252 g/mol. The highest BCUT2D eigenvalue weighted by Crippen LogP contribution is 2.18. The number of hydrogen-bond donors (Lipinski definition) is 0.